The molecule has 2 rings (SSSR count). The average molecular weight is 323 g/mol. The highest BCUT2D eigenvalue weighted by molar-refractivity contribution is 6.29. The van der Waals surface area contributed by atoms with Gasteiger partial charge in [0.1, 0.15) is 11.5 Å². The van der Waals surface area contributed by atoms with Crippen LogP contribution in [0.2, 0.25) is 5.15 Å². The largest absolute Gasteiger partial charge is 0.481 e. The van der Waals surface area contributed by atoms with Crippen molar-refractivity contribution in [2.24, 2.45) is 0 Å². The molecule has 0 aliphatic heterocycles. The zero-order chi connectivity index (χ0) is 16.1. The van der Waals surface area contributed by atoms with E-state index in [0.717, 1.165) is 0 Å². The summed E-state index contributed by atoms with van der Waals surface area (Å²) >= 11 is 5.91. The van der Waals surface area contributed by atoms with Crippen LogP contribution in [0.4, 0.5) is 0 Å². The lowest BCUT2D eigenvalue weighted by atomic mass is 10.2. The number of hydrogen-bond donors (Lipinski definition) is 0. The Morgan fingerprint density at radius 3 is 2.86 bits per heavy atom. The Morgan fingerprint density at radius 1 is 1.41 bits per heavy atom. The summed E-state index contributed by atoms with van der Waals surface area (Å²) < 4.78 is 11.4. The van der Waals surface area contributed by atoms with Crippen LogP contribution in [0.5, 0.6) is 5.88 Å². The first-order valence-corrected chi connectivity index (χ1v) is 6.87. The van der Waals surface area contributed by atoms with Crippen molar-refractivity contribution in [2.45, 2.75) is 20.0 Å². The van der Waals surface area contributed by atoms with Gasteiger partial charge in [-0.15, -0.1) is 5.10 Å². The van der Waals surface area contributed by atoms with Gasteiger partial charge in [-0.1, -0.05) is 11.6 Å². The van der Waals surface area contributed by atoms with E-state index in [4.69, 9.17) is 21.1 Å². The molecule has 0 aliphatic rings. The van der Waals surface area contributed by atoms with Gasteiger partial charge in [-0.25, -0.2) is 19.4 Å². The zero-order valence-corrected chi connectivity index (χ0v) is 13.1. The highest BCUT2D eigenvalue weighted by atomic mass is 35.5. The standard InChI is InChI=1S/C14H15ClN4O3/c1-9(2)22-13(20)4-5-19-8-16-14(18-19)10-6-11(15)17-12(7-10)21-3/h4-9H,1-3H3/b5-4+. The Kier molecular flexibility index (Phi) is 5.11. The van der Waals surface area contributed by atoms with E-state index in [2.05, 4.69) is 15.1 Å². The van der Waals surface area contributed by atoms with E-state index in [0.29, 0.717) is 17.3 Å². The molecule has 2 heterocycles. The molecule has 0 unspecified atom stereocenters. The van der Waals surface area contributed by atoms with Gasteiger partial charge in [0.05, 0.1) is 13.2 Å². The molecule has 0 spiro atoms. The van der Waals surface area contributed by atoms with Crippen LogP contribution in [0.3, 0.4) is 0 Å². The number of halogens is 1. The molecule has 0 fully saturated rings. The van der Waals surface area contributed by atoms with Crippen molar-refractivity contribution < 1.29 is 14.3 Å². The van der Waals surface area contributed by atoms with Gasteiger partial charge in [-0.3, -0.25) is 0 Å². The number of nitrogens with zero attached hydrogens (tertiary/aromatic N) is 4. The molecule has 0 bridgehead atoms. The summed E-state index contributed by atoms with van der Waals surface area (Å²) in [5.74, 6) is 0.361. The van der Waals surface area contributed by atoms with E-state index in [-0.39, 0.29) is 11.3 Å². The Morgan fingerprint density at radius 2 is 2.18 bits per heavy atom. The van der Waals surface area contributed by atoms with Crippen LogP contribution in [0.15, 0.2) is 24.5 Å². The molecular weight excluding hydrogens is 308 g/mol. The molecule has 0 aromatic carbocycles. The highest BCUT2D eigenvalue weighted by Crippen LogP contribution is 2.22. The summed E-state index contributed by atoms with van der Waals surface area (Å²) in [6, 6.07) is 3.29. The van der Waals surface area contributed by atoms with Crippen molar-refractivity contribution >= 4 is 23.8 Å². The summed E-state index contributed by atoms with van der Waals surface area (Å²) in [5, 5.41) is 4.50. The number of aromatic nitrogens is 4. The second-order valence-electron chi connectivity index (χ2n) is 4.57. The number of pyridine rings is 1. The van der Waals surface area contributed by atoms with Gasteiger partial charge in [0.15, 0.2) is 5.82 Å². The van der Waals surface area contributed by atoms with Gasteiger partial charge < -0.3 is 9.47 Å². The van der Waals surface area contributed by atoms with Crippen molar-refractivity contribution in [3.8, 4) is 17.3 Å². The number of hydrogen-bond acceptors (Lipinski definition) is 6. The van der Waals surface area contributed by atoms with Crippen molar-refractivity contribution in [3.05, 3.63) is 29.7 Å². The molecule has 2 aromatic heterocycles. The third-order valence-corrected chi connectivity index (χ3v) is 2.66. The van der Waals surface area contributed by atoms with Crippen LogP contribution in [0.1, 0.15) is 13.8 Å². The quantitative estimate of drug-likeness (QED) is 0.478. The normalized spacial score (nSPS) is 11.1. The maximum Gasteiger partial charge on any atom is 0.332 e. The summed E-state index contributed by atoms with van der Waals surface area (Å²) in [5.41, 5.74) is 0.661. The molecule has 22 heavy (non-hydrogen) atoms. The molecule has 0 N–H and O–H groups in total. The van der Waals surface area contributed by atoms with Gasteiger partial charge in [-0.2, -0.15) is 0 Å². The number of methoxy groups -OCH3 is 1. The van der Waals surface area contributed by atoms with E-state index in [1.165, 1.54) is 30.4 Å². The van der Waals surface area contributed by atoms with E-state index >= 15 is 0 Å². The fourth-order valence-electron chi connectivity index (χ4n) is 1.59. The second kappa shape index (κ2) is 7.04. The van der Waals surface area contributed by atoms with Gasteiger partial charge in [0.2, 0.25) is 5.88 Å². The lowest BCUT2D eigenvalue weighted by Gasteiger charge is -2.03. The van der Waals surface area contributed by atoms with E-state index in [9.17, 15) is 4.79 Å². The molecule has 116 valence electrons. The van der Waals surface area contributed by atoms with Gasteiger partial charge >= 0.3 is 5.97 Å². The van der Waals surface area contributed by atoms with Gasteiger partial charge in [0, 0.05) is 23.9 Å². The van der Waals surface area contributed by atoms with Gasteiger partial charge in [0.25, 0.3) is 0 Å². The lowest BCUT2D eigenvalue weighted by molar-refractivity contribution is -0.141. The van der Waals surface area contributed by atoms with Crippen LogP contribution in [0, 0.1) is 0 Å². The molecule has 0 saturated carbocycles. The SMILES string of the molecule is COc1cc(-c2ncn(/C=C/C(=O)OC(C)C)n2)cc(Cl)n1. The van der Waals surface area contributed by atoms with Crippen molar-refractivity contribution in [2.75, 3.05) is 7.11 Å². The third-order valence-electron chi connectivity index (χ3n) is 2.46. The topological polar surface area (TPSA) is 79.1 Å². The summed E-state index contributed by atoms with van der Waals surface area (Å²) in [6.45, 7) is 3.56. The monoisotopic (exact) mass is 322 g/mol. The van der Waals surface area contributed by atoms with E-state index in [1.807, 2.05) is 0 Å². The smallest absolute Gasteiger partial charge is 0.332 e. The number of esters is 1. The minimum absolute atomic E-state index is 0.171. The van der Waals surface area contributed by atoms with E-state index < -0.39 is 5.97 Å². The molecule has 0 radical (unpaired) electrons. The molecular formula is C14H15ClN4O3. The first kappa shape index (κ1) is 16.0. The number of rotatable bonds is 5. The van der Waals surface area contributed by atoms with Crippen LogP contribution in [-0.4, -0.2) is 38.9 Å². The molecule has 7 nitrogen and oxygen atoms in total. The summed E-state index contributed by atoms with van der Waals surface area (Å²) in [7, 11) is 1.50. The molecule has 0 atom stereocenters. The maximum atomic E-state index is 11.4. The number of ether oxygens (including phenoxy) is 2. The van der Waals surface area contributed by atoms with Crippen molar-refractivity contribution in [3.63, 3.8) is 0 Å². The second-order valence-corrected chi connectivity index (χ2v) is 4.96. The minimum atomic E-state index is -0.444. The number of carbonyl (C=O) groups is 1. The highest BCUT2D eigenvalue weighted by Gasteiger charge is 2.08. The Balaban J connectivity index is 2.16. The summed E-state index contributed by atoms with van der Waals surface area (Å²) in [4.78, 5) is 19.5. The Bertz CT molecular complexity index is 697. The first-order valence-electron chi connectivity index (χ1n) is 6.50. The zero-order valence-electron chi connectivity index (χ0n) is 12.4. The molecule has 0 amide bonds. The Labute approximate surface area is 132 Å². The van der Waals surface area contributed by atoms with E-state index in [1.54, 1.807) is 26.0 Å². The van der Waals surface area contributed by atoms with Crippen molar-refractivity contribution in [1.29, 1.82) is 0 Å². The average Bonchev–Trinajstić information content (AvgIpc) is 2.92. The fraction of sp³-hybridized carbons (Fsp3) is 0.286. The van der Waals surface area contributed by atoms with Crippen LogP contribution in [-0.2, 0) is 9.53 Å². The van der Waals surface area contributed by atoms with Crippen LogP contribution in [0.25, 0.3) is 17.6 Å². The molecule has 0 aliphatic carbocycles. The van der Waals surface area contributed by atoms with Crippen LogP contribution >= 0.6 is 11.6 Å². The first-order chi connectivity index (χ1) is 10.5. The minimum Gasteiger partial charge on any atom is -0.481 e. The predicted octanol–water partition coefficient (Wildman–Crippen LogP) is 2.42. The van der Waals surface area contributed by atoms with Crippen molar-refractivity contribution in [1.82, 2.24) is 19.7 Å². The van der Waals surface area contributed by atoms with Crippen LogP contribution < -0.4 is 4.74 Å². The third kappa shape index (κ3) is 4.29. The van der Waals surface area contributed by atoms with Gasteiger partial charge in [-0.05, 0) is 19.9 Å². The summed E-state index contributed by atoms with van der Waals surface area (Å²) in [6.07, 6.45) is 4.03. The molecule has 8 heteroatoms. The lowest BCUT2D eigenvalue weighted by Crippen LogP contribution is -2.08. The number of carbonyl (C=O) groups excluding carboxylic acids is 1. The molecule has 2 aromatic rings. The predicted molar refractivity (Wildman–Crippen MR) is 81.4 cm³/mol. The maximum absolute atomic E-state index is 11.4. The Hall–Kier alpha value is -2.41. The fourth-order valence-corrected chi connectivity index (χ4v) is 1.80. The molecule has 0 saturated heterocycles.